The second kappa shape index (κ2) is 6.56. The number of nitrogens with zero attached hydrogens (tertiary/aromatic N) is 4. The lowest BCUT2D eigenvalue weighted by Crippen LogP contribution is -2.37. The molecule has 1 aromatic carbocycles. The molecule has 0 unspecified atom stereocenters. The van der Waals surface area contributed by atoms with Gasteiger partial charge in [-0.3, -0.25) is 5.43 Å². The van der Waals surface area contributed by atoms with Gasteiger partial charge in [-0.25, -0.2) is 15.2 Å². The van der Waals surface area contributed by atoms with E-state index in [1.54, 1.807) is 12.1 Å². The molecule has 0 atom stereocenters. The van der Waals surface area contributed by atoms with E-state index in [0.29, 0.717) is 48.9 Å². The average molecular weight is 314 g/mol. The summed E-state index contributed by atoms with van der Waals surface area (Å²) in [5, 5.41) is 9.60. The lowest BCUT2D eigenvalue weighted by atomic mass is 10.1. The molecule has 1 aliphatic rings. The molecule has 2 heterocycles. The van der Waals surface area contributed by atoms with Gasteiger partial charge in [-0.05, 0) is 24.3 Å². The zero-order valence-electron chi connectivity index (χ0n) is 12.3. The lowest BCUT2D eigenvalue weighted by molar-refractivity contribution is 0.122. The van der Waals surface area contributed by atoms with Gasteiger partial charge in [0, 0.05) is 18.7 Å². The molecule has 0 aliphatic carbocycles. The van der Waals surface area contributed by atoms with Crippen molar-refractivity contribution in [3.63, 3.8) is 0 Å². The van der Waals surface area contributed by atoms with Crippen LogP contribution in [-0.4, -0.2) is 36.3 Å². The normalized spacial score (nSPS) is 14.4. The zero-order chi connectivity index (χ0) is 16.2. The number of nitrogen functional groups attached to an aromatic ring is 1. The molecule has 7 nitrogen and oxygen atoms in total. The van der Waals surface area contributed by atoms with E-state index in [2.05, 4.69) is 21.5 Å². The first-order valence-corrected chi connectivity index (χ1v) is 7.10. The van der Waals surface area contributed by atoms with Crippen LogP contribution in [0.25, 0.3) is 11.3 Å². The highest BCUT2D eigenvalue weighted by Gasteiger charge is 2.22. The van der Waals surface area contributed by atoms with E-state index >= 15 is 0 Å². The van der Waals surface area contributed by atoms with Crippen LogP contribution in [-0.2, 0) is 4.74 Å². The Balaban J connectivity index is 2.14. The minimum atomic E-state index is -0.355. The van der Waals surface area contributed by atoms with Crippen molar-refractivity contribution >= 4 is 11.8 Å². The van der Waals surface area contributed by atoms with Crippen LogP contribution in [0.3, 0.4) is 0 Å². The standard InChI is InChI=1S/C15H15FN6O/c16-11-3-1-10(2-4-11)13-12(9-17)14(20-15(19-13)21-18)22-5-7-23-8-6-22/h1-4H,5-8,18H2,(H,19,20,21). The quantitative estimate of drug-likeness (QED) is 0.650. The Morgan fingerprint density at radius 1 is 1.22 bits per heavy atom. The summed E-state index contributed by atoms with van der Waals surface area (Å²) in [4.78, 5) is 10.5. The predicted molar refractivity (Wildman–Crippen MR) is 83.0 cm³/mol. The van der Waals surface area contributed by atoms with Gasteiger partial charge in [0.15, 0.2) is 5.82 Å². The lowest BCUT2D eigenvalue weighted by Gasteiger charge is -2.29. The van der Waals surface area contributed by atoms with Gasteiger partial charge in [-0.1, -0.05) is 0 Å². The highest BCUT2D eigenvalue weighted by atomic mass is 19.1. The van der Waals surface area contributed by atoms with Crippen molar-refractivity contribution in [3.05, 3.63) is 35.6 Å². The van der Waals surface area contributed by atoms with Crippen molar-refractivity contribution in [1.29, 1.82) is 5.26 Å². The fraction of sp³-hybridized carbons (Fsp3) is 0.267. The van der Waals surface area contributed by atoms with Crippen molar-refractivity contribution in [2.75, 3.05) is 36.6 Å². The first-order chi connectivity index (χ1) is 11.2. The highest BCUT2D eigenvalue weighted by molar-refractivity contribution is 5.74. The minimum Gasteiger partial charge on any atom is -0.378 e. The van der Waals surface area contributed by atoms with Crippen LogP contribution in [0.4, 0.5) is 16.2 Å². The smallest absolute Gasteiger partial charge is 0.239 e. The van der Waals surface area contributed by atoms with Crippen molar-refractivity contribution in [3.8, 4) is 17.3 Å². The Kier molecular flexibility index (Phi) is 4.32. The molecule has 118 valence electrons. The summed E-state index contributed by atoms with van der Waals surface area (Å²) in [6, 6.07) is 7.94. The molecular formula is C15H15FN6O. The van der Waals surface area contributed by atoms with E-state index in [4.69, 9.17) is 10.6 Å². The van der Waals surface area contributed by atoms with Gasteiger partial charge in [0.1, 0.15) is 17.4 Å². The number of hydrogen-bond acceptors (Lipinski definition) is 7. The Hall–Kier alpha value is -2.76. The number of nitrogens with two attached hydrogens (primary N) is 1. The molecule has 23 heavy (non-hydrogen) atoms. The van der Waals surface area contributed by atoms with Crippen LogP contribution in [0.5, 0.6) is 0 Å². The van der Waals surface area contributed by atoms with Gasteiger partial charge in [0.25, 0.3) is 0 Å². The fourth-order valence-corrected chi connectivity index (χ4v) is 2.44. The fourth-order valence-electron chi connectivity index (χ4n) is 2.44. The van der Waals surface area contributed by atoms with E-state index in [1.165, 1.54) is 12.1 Å². The number of benzene rings is 1. The van der Waals surface area contributed by atoms with Crippen LogP contribution in [0.15, 0.2) is 24.3 Å². The first kappa shape index (κ1) is 15.1. The Morgan fingerprint density at radius 3 is 2.52 bits per heavy atom. The molecule has 1 aromatic heterocycles. The summed E-state index contributed by atoms with van der Waals surface area (Å²) in [6.07, 6.45) is 0. The summed E-state index contributed by atoms with van der Waals surface area (Å²) in [7, 11) is 0. The molecule has 2 aromatic rings. The number of ether oxygens (including phenoxy) is 1. The molecular weight excluding hydrogens is 299 g/mol. The Bertz CT molecular complexity index is 737. The van der Waals surface area contributed by atoms with Crippen molar-refractivity contribution in [1.82, 2.24) is 9.97 Å². The second-order valence-electron chi connectivity index (χ2n) is 4.96. The monoisotopic (exact) mass is 314 g/mol. The van der Waals surface area contributed by atoms with Gasteiger partial charge < -0.3 is 9.64 Å². The second-order valence-corrected chi connectivity index (χ2v) is 4.96. The molecule has 3 N–H and O–H groups in total. The predicted octanol–water partition coefficient (Wildman–Crippen LogP) is 1.28. The Labute approximate surface area is 132 Å². The van der Waals surface area contributed by atoms with Gasteiger partial charge in [-0.15, -0.1) is 0 Å². The number of halogens is 1. The third-order valence-corrected chi connectivity index (χ3v) is 3.56. The number of nitriles is 1. The van der Waals surface area contributed by atoms with E-state index in [-0.39, 0.29) is 11.8 Å². The first-order valence-electron chi connectivity index (χ1n) is 7.10. The summed E-state index contributed by atoms with van der Waals surface area (Å²) < 4.78 is 18.5. The number of morpholine rings is 1. The number of hydrazine groups is 1. The van der Waals surface area contributed by atoms with Crippen molar-refractivity contribution in [2.45, 2.75) is 0 Å². The SMILES string of the molecule is N#Cc1c(-c2ccc(F)cc2)nc(NN)nc1N1CCOCC1. The molecule has 1 saturated heterocycles. The summed E-state index contributed by atoms with van der Waals surface area (Å²) in [5.41, 5.74) is 3.78. The number of aromatic nitrogens is 2. The molecule has 0 saturated carbocycles. The van der Waals surface area contributed by atoms with Gasteiger partial charge in [0.05, 0.1) is 18.9 Å². The molecule has 0 bridgehead atoms. The van der Waals surface area contributed by atoms with Crippen molar-refractivity contribution in [2.24, 2.45) is 5.84 Å². The molecule has 0 amide bonds. The van der Waals surface area contributed by atoms with E-state index in [1.807, 2.05) is 4.90 Å². The number of rotatable bonds is 3. The third kappa shape index (κ3) is 3.06. The largest absolute Gasteiger partial charge is 0.378 e. The molecule has 0 spiro atoms. The zero-order valence-corrected chi connectivity index (χ0v) is 12.3. The van der Waals surface area contributed by atoms with Gasteiger partial charge >= 0.3 is 0 Å². The van der Waals surface area contributed by atoms with Crippen LogP contribution in [0, 0.1) is 17.1 Å². The van der Waals surface area contributed by atoms with Crippen molar-refractivity contribution < 1.29 is 9.13 Å². The topological polar surface area (TPSA) is 100 Å². The molecule has 1 aliphatic heterocycles. The van der Waals surface area contributed by atoms with Crippen LogP contribution in [0.2, 0.25) is 0 Å². The molecule has 1 fully saturated rings. The Morgan fingerprint density at radius 2 is 1.91 bits per heavy atom. The third-order valence-electron chi connectivity index (χ3n) is 3.56. The van der Waals surface area contributed by atoms with Gasteiger partial charge in [0.2, 0.25) is 5.95 Å². The highest BCUT2D eigenvalue weighted by Crippen LogP contribution is 2.29. The van der Waals surface area contributed by atoms with Crippen LogP contribution in [0.1, 0.15) is 5.56 Å². The maximum Gasteiger partial charge on any atom is 0.239 e. The van der Waals surface area contributed by atoms with E-state index < -0.39 is 0 Å². The maximum atomic E-state index is 13.1. The summed E-state index contributed by atoms with van der Waals surface area (Å²) in [6.45, 7) is 2.37. The summed E-state index contributed by atoms with van der Waals surface area (Å²) in [5.74, 6) is 5.79. The van der Waals surface area contributed by atoms with Crippen LogP contribution < -0.4 is 16.2 Å². The molecule has 8 heteroatoms. The van der Waals surface area contributed by atoms with E-state index in [9.17, 15) is 9.65 Å². The minimum absolute atomic E-state index is 0.199. The van der Waals surface area contributed by atoms with Crippen LogP contribution >= 0.6 is 0 Å². The molecule has 0 radical (unpaired) electrons. The number of nitrogens with one attached hydrogen (secondary N) is 1. The summed E-state index contributed by atoms with van der Waals surface area (Å²) >= 11 is 0. The molecule has 3 rings (SSSR count). The van der Waals surface area contributed by atoms with E-state index in [0.717, 1.165) is 0 Å². The average Bonchev–Trinajstić information content (AvgIpc) is 2.62. The van der Waals surface area contributed by atoms with Gasteiger partial charge in [-0.2, -0.15) is 10.2 Å². The number of hydrogen-bond donors (Lipinski definition) is 2. The maximum absolute atomic E-state index is 13.1. The number of anilines is 2.